The molecule has 0 atom stereocenters. The second kappa shape index (κ2) is 3.95. The van der Waals surface area contributed by atoms with Gasteiger partial charge in [-0.3, -0.25) is 0 Å². The van der Waals surface area contributed by atoms with Crippen molar-refractivity contribution in [1.29, 1.82) is 0 Å². The van der Waals surface area contributed by atoms with Crippen molar-refractivity contribution in [3.63, 3.8) is 0 Å². The molecule has 0 unspecified atom stereocenters. The van der Waals surface area contributed by atoms with E-state index >= 15 is 0 Å². The van der Waals surface area contributed by atoms with Gasteiger partial charge in [0.1, 0.15) is 0 Å². The van der Waals surface area contributed by atoms with Crippen molar-refractivity contribution in [2.75, 3.05) is 16.8 Å². The van der Waals surface area contributed by atoms with E-state index < -0.39 is 0 Å². The van der Waals surface area contributed by atoms with Gasteiger partial charge in [-0.05, 0) is 55.8 Å². The molecule has 1 heterocycles. The van der Waals surface area contributed by atoms with Crippen LogP contribution in [-0.4, -0.2) is 18.1 Å². The minimum absolute atomic E-state index is 0.155. The Labute approximate surface area is 106 Å². The van der Waals surface area contributed by atoms with E-state index in [2.05, 4.69) is 72.0 Å². The van der Waals surface area contributed by atoms with E-state index in [1.54, 1.807) is 0 Å². The predicted octanol–water partition coefficient (Wildman–Crippen LogP) is 3.87. The Morgan fingerprint density at radius 1 is 1.38 bits per heavy atom. The number of nitrogens with zero attached hydrogens (tertiary/aromatic N) is 1. The van der Waals surface area contributed by atoms with E-state index in [1.807, 2.05) is 0 Å². The standard InChI is InChI=1S/C13H19BrN2/c1-9(2)16-11-7-5-6-10(14)12(11)15-8-13(16,3)4/h5-7,9,15H,8H2,1-4H3. The molecule has 3 heteroatoms. The van der Waals surface area contributed by atoms with Gasteiger partial charge < -0.3 is 10.2 Å². The highest BCUT2D eigenvalue weighted by Gasteiger charge is 2.34. The fourth-order valence-corrected chi connectivity index (χ4v) is 3.08. The van der Waals surface area contributed by atoms with Gasteiger partial charge in [0.05, 0.1) is 16.9 Å². The Bertz CT molecular complexity index is 399. The Kier molecular flexibility index (Phi) is 2.91. The van der Waals surface area contributed by atoms with Gasteiger partial charge in [0, 0.05) is 17.1 Å². The molecule has 1 aromatic rings. The largest absolute Gasteiger partial charge is 0.380 e. The molecule has 1 N–H and O–H groups in total. The summed E-state index contributed by atoms with van der Waals surface area (Å²) >= 11 is 3.61. The molecule has 1 aliphatic heterocycles. The van der Waals surface area contributed by atoms with Gasteiger partial charge >= 0.3 is 0 Å². The molecule has 1 aromatic carbocycles. The Hall–Kier alpha value is -0.700. The zero-order chi connectivity index (χ0) is 11.9. The monoisotopic (exact) mass is 282 g/mol. The van der Waals surface area contributed by atoms with Crippen LogP contribution in [-0.2, 0) is 0 Å². The molecule has 0 bridgehead atoms. The van der Waals surface area contributed by atoms with E-state index in [1.165, 1.54) is 11.4 Å². The van der Waals surface area contributed by atoms with E-state index in [-0.39, 0.29) is 5.54 Å². The second-order valence-corrected chi connectivity index (χ2v) is 6.12. The normalized spacial score (nSPS) is 18.2. The molecule has 88 valence electrons. The lowest BCUT2D eigenvalue weighted by Crippen LogP contribution is -2.55. The van der Waals surface area contributed by atoms with Crippen molar-refractivity contribution < 1.29 is 0 Å². The fraction of sp³-hybridized carbons (Fsp3) is 0.538. The second-order valence-electron chi connectivity index (χ2n) is 5.26. The van der Waals surface area contributed by atoms with Crippen LogP contribution in [0.15, 0.2) is 22.7 Å². The van der Waals surface area contributed by atoms with E-state index in [4.69, 9.17) is 0 Å². The van der Waals surface area contributed by atoms with E-state index in [0.29, 0.717) is 6.04 Å². The fourth-order valence-electron chi connectivity index (χ4n) is 2.58. The summed E-state index contributed by atoms with van der Waals surface area (Å²) in [4.78, 5) is 2.49. The molecule has 1 aliphatic rings. The number of hydrogen-bond acceptors (Lipinski definition) is 2. The number of nitrogens with one attached hydrogen (secondary N) is 1. The third-order valence-corrected chi connectivity index (χ3v) is 3.78. The Morgan fingerprint density at radius 3 is 2.69 bits per heavy atom. The van der Waals surface area contributed by atoms with Crippen LogP contribution in [0.1, 0.15) is 27.7 Å². The number of halogens is 1. The third-order valence-electron chi connectivity index (χ3n) is 3.12. The first-order chi connectivity index (χ1) is 7.43. The quantitative estimate of drug-likeness (QED) is 0.841. The van der Waals surface area contributed by atoms with Crippen LogP contribution in [0.3, 0.4) is 0 Å². The highest BCUT2D eigenvalue weighted by molar-refractivity contribution is 9.10. The first-order valence-electron chi connectivity index (χ1n) is 5.75. The average Bonchev–Trinajstić information content (AvgIpc) is 2.15. The lowest BCUT2D eigenvalue weighted by atomic mass is 9.95. The zero-order valence-corrected chi connectivity index (χ0v) is 11.9. The smallest absolute Gasteiger partial charge is 0.0723 e. The molecule has 16 heavy (non-hydrogen) atoms. The molecule has 0 fully saturated rings. The topological polar surface area (TPSA) is 15.3 Å². The summed E-state index contributed by atoms with van der Waals surface area (Å²) in [6.07, 6.45) is 0. The van der Waals surface area contributed by atoms with Gasteiger partial charge in [-0.15, -0.1) is 0 Å². The number of hydrogen-bond donors (Lipinski definition) is 1. The lowest BCUT2D eigenvalue weighted by Gasteiger charge is -2.48. The summed E-state index contributed by atoms with van der Waals surface area (Å²) < 4.78 is 1.14. The zero-order valence-electron chi connectivity index (χ0n) is 10.3. The maximum atomic E-state index is 3.61. The van der Waals surface area contributed by atoms with Crippen LogP contribution in [0.25, 0.3) is 0 Å². The van der Waals surface area contributed by atoms with Crippen LogP contribution in [0.4, 0.5) is 11.4 Å². The molecule has 2 rings (SSSR count). The molecule has 0 radical (unpaired) electrons. The minimum Gasteiger partial charge on any atom is -0.380 e. The van der Waals surface area contributed by atoms with Gasteiger partial charge in [0.2, 0.25) is 0 Å². The van der Waals surface area contributed by atoms with Crippen LogP contribution < -0.4 is 10.2 Å². The maximum Gasteiger partial charge on any atom is 0.0723 e. The van der Waals surface area contributed by atoms with Crippen LogP contribution >= 0.6 is 15.9 Å². The molecular formula is C13H19BrN2. The van der Waals surface area contributed by atoms with Gasteiger partial charge in [-0.25, -0.2) is 0 Å². The average molecular weight is 283 g/mol. The molecule has 0 saturated heterocycles. The van der Waals surface area contributed by atoms with Gasteiger partial charge in [0.15, 0.2) is 0 Å². The summed E-state index contributed by atoms with van der Waals surface area (Å²) in [5, 5.41) is 3.52. The molecule has 0 aliphatic carbocycles. The van der Waals surface area contributed by atoms with Gasteiger partial charge in [-0.2, -0.15) is 0 Å². The van der Waals surface area contributed by atoms with Crippen molar-refractivity contribution in [2.45, 2.75) is 39.3 Å². The highest BCUT2D eigenvalue weighted by Crippen LogP contribution is 2.41. The molecule has 0 spiro atoms. The number of fused-ring (bicyclic) bond motifs is 1. The molecule has 0 saturated carbocycles. The van der Waals surface area contributed by atoms with Crippen molar-refractivity contribution in [2.24, 2.45) is 0 Å². The Morgan fingerprint density at radius 2 is 2.06 bits per heavy atom. The third kappa shape index (κ3) is 1.81. The van der Waals surface area contributed by atoms with Crippen molar-refractivity contribution in [3.8, 4) is 0 Å². The molecule has 2 nitrogen and oxygen atoms in total. The minimum atomic E-state index is 0.155. The lowest BCUT2D eigenvalue weighted by molar-refractivity contribution is 0.438. The summed E-state index contributed by atoms with van der Waals surface area (Å²) in [5.41, 5.74) is 2.67. The first-order valence-corrected chi connectivity index (χ1v) is 6.54. The molecular weight excluding hydrogens is 264 g/mol. The van der Waals surface area contributed by atoms with E-state index in [0.717, 1.165) is 11.0 Å². The van der Waals surface area contributed by atoms with Crippen molar-refractivity contribution >= 4 is 27.3 Å². The number of rotatable bonds is 1. The highest BCUT2D eigenvalue weighted by atomic mass is 79.9. The SMILES string of the molecule is CC(C)N1c2cccc(Br)c2NCC1(C)C. The molecule has 0 aromatic heterocycles. The Balaban J connectivity index is 2.54. The van der Waals surface area contributed by atoms with E-state index in [9.17, 15) is 0 Å². The summed E-state index contributed by atoms with van der Waals surface area (Å²) in [6.45, 7) is 10.0. The van der Waals surface area contributed by atoms with Gasteiger partial charge in [-0.1, -0.05) is 6.07 Å². The van der Waals surface area contributed by atoms with Crippen LogP contribution in [0.2, 0.25) is 0 Å². The van der Waals surface area contributed by atoms with Crippen LogP contribution in [0, 0.1) is 0 Å². The van der Waals surface area contributed by atoms with Gasteiger partial charge in [0.25, 0.3) is 0 Å². The summed E-state index contributed by atoms with van der Waals surface area (Å²) in [5.74, 6) is 0. The van der Waals surface area contributed by atoms with Crippen molar-refractivity contribution in [3.05, 3.63) is 22.7 Å². The predicted molar refractivity (Wildman–Crippen MR) is 74.3 cm³/mol. The van der Waals surface area contributed by atoms with Crippen LogP contribution in [0.5, 0.6) is 0 Å². The summed E-state index contributed by atoms with van der Waals surface area (Å²) in [6, 6.07) is 6.88. The molecule has 0 amide bonds. The maximum absolute atomic E-state index is 3.61. The number of benzene rings is 1. The first kappa shape index (κ1) is 11.8. The van der Waals surface area contributed by atoms with Crippen molar-refractivity contribution in [1.82, 2.24) is 0 Å². The number of anilines is 2. The summed E-state index contributed by atoms with van der Waals surface area (Å²) in [7, 11) is 0. The number of para-hydroxylation sites is 1.